The van der Waals surface area contributed by atoms with Crippen molar-refractivity contribution in [3.05, 3.63) is 54.1 Å². The first-order valence-corrected chi connectivity index (χ1v) is 11.9. The van der Waals surface area contributed by atoms with Gasteiger partial charge in [-0.05, 0) is 74.2 Å². The molecule has 0 spiro atoms. The number of hydrogen-bond acceptors (Lipinski definition) is 3. The zero-order valence-corrected chi connectivity index (χ0v) is 19.7. The third-order valence-electron chi connectivity index (χ3n) is 6.62. The molecule has 2 aromatic rings. The highest BCUT2D eigenvalue weighted by molar-refractivity contribution is 6.01. The lowest BCUT2D eigenvalue weighted by Crippen LogP contribution is -2.53. The lowest BCUT2D eigenvalue weighted by atomic mass is 9.97. The fourth-order valence-electron chi connectivity index (χ4n) is 4.66. The van der Waals surface area contributed by atoms with Gasteiger partial charge in [0, 0.05) is 36.7 Å². The Kier molecular flexibility index (Phi) is 7.56. The van der Waals surface area contributed by atoms with E-state index in [-0.39, 0.29) is 24.6 Å². The van der Waals surface area contributed by atoms with Crippen molar-refractivity contribution < 1.29 is 35.9 Å². The van der Waals surface area contributed by atoms with Gasteiger partial charge in [-0.1, -0.05) is 0 Å². The first kappa shape index (κ1) is 26.6. The molecule has 3 amide bonds. The van der Waals surface area contributed by atoms with Crippen LogP contribution in [0.1, 0.15) is 31.2 Å². The molecule has 0 aromatic heterocycles. The van der Waals surface area contributed by atoms with Crippen LogP contribution in [-0.4, -0.2) is 43.8 Å². The SMILES string of the molecule is O=C(Nc1ccc(C(F)(F)F)cc1)N[C@@H]1CCCN(c2ccc(N3CCCC(C(F)(F)F)C3)cc2)C1=O. The summed E-state index contributed by atoms with van der Waals surface area (Å²) in [5, 5.41) is 4.99. The number of anilines is 3. The molecule has 2 aliphatic heterocycles. The number of alkyl halides is 6. The summed E-state index contributed by atoms with van der Waals surface area (Å²) in [6.45, 7) is 0.830. The highest BCUT2D eigenvalue weighted by Crippen LogP contribution is 2.35. The summed E-state index contributed by atoms with van der Waals surface area (Å²) in [5.41, 5.74) is 0.509. The van der Waals surface area contributed by atoms with Crippen molar-refractivity contribution in [2.45, 2.75) is 44.1 Å². The van der Waals surface area contributed by atoms with Crippen LogP contribution in [0.3, 0.4) is 0 Å². The highest BCUT2D eigenvalue weighted by atomic mass is 19.4. The van der Waals surface area contributed by atoms with Gasteiger partial charge in [0.1, 0.15) is 6.04 Å². The Bertz CT molecular complexity index is 1100. The standard InChI is InChI=1S/C25H26F6N4O2/c26-24(27,28)16-5-7-18(8-6-16)32-23(37)33-21-4-2-14-35(22(21)36)20-11-9-19(10-12-20)34-13-1-3-17(15-34)25(29,30)31/h5-12,17,21H,1-4,13-15H2,(H2,32,33,37)/t17?,21-/m1/s1. The van der Waals surface area contributed by atoms with E-state index in [1.165, 1.54) is 4.90 Å². The predicted molar refractivity (Wildman–Crippen MR) is 126 cm³/mol. The molecule has 4 rings (SSSR count). The van der Waals surface area contributed by atoms with Crippen LogP contribution in [0.4, 0.5) is 48.2 Å². The number of urea groups is 1. The Hall–Kier alpha value is -3.44. The number of halogens is 6. The number of amides is 3. The van der Waals surface area contributed by atoms with Gasteiger partial charge in [0.05, 0.1) is 11.5 Å². The maximum Gasteiger partial charge on any atom is 0.416 e. The zero-order chi connectivity index (χ0) is 26.8. The molecule has 2 N–H and O–H groups in total. The van der Waals surface area contributed by atoms with Gasteiger partial charge in [0.25, 0.3) is 0 Å². The molecule has 0 bridgehead atoms. The van der Waals surface area contributed by atoms with E-state index in [9.17, 15) is 35.9 Å². The molecule has 2 atom stereocenters. The van der Waals surface area contributed by atoms with Gasteiger partial charge in [0.2, 0.25) is 5.91 Å². The van der Waals surface area contributed by atoms with Gasteiger partial charge < -0.3 is 20.4 Å². The van der Waals surface area contributed by atoms with E-state index in [1.807, 2.05) is 0 Å². The Balaban J connectivity index is 1.36. The van der Waals surface area contributed by atoms with Crippen molar-refractivity contribution in [3.8, 4) is 0 Å². The lowest BCUT2D eigenvalue weighted by Gasteiger charge is -2.36. The molecule has 200 valence electrons. The average molecular weight is 528 g/mol. The minimum atomic E-state index is -4.49. The van der Waals surface area contributed by atoms with Gasteiger partial charge in [-0.15, -0.1) is 0 Å². The summed E-state index contributed by atoms with van der Waals surface area (Å²) in [7, 11) is 0. The van der Waals surface area contributed by atoms with Crippen LogP contribution in [0.5, 0.6) is 0 Å². The van der Waals surface area contributed by atoms with E-state index in [2.05, 4.69) is 10.6 Å². The van der Waals surface area contributed by atoms with Gasteiger partial charge in [-0.3, -0.25) is 4.79 Å². The predicted octanol–water partition coefficient (Wildman–Crippen LogP) is 5.80. The largest absolute Gasteiger partial charge is 0.416 e. The number of nitrogens with zero attached hydrogens (tertiary/aromatic N) is 2. The van der Waals surface area contributed by atoms with Crippen LogP contribution in [0.15, 0.2) is 48.5 Å². The van der Waals surface area contributed by atoms with Gasteiger partial charge in [0.15, 0.2) is 0 Å². The number of rotatable bonds is 4. The first-order valence-electron chi connectivity index (χ1n) is 11.9. The number of hydrogen-bond donors (Lipinski definition) is 2. The molecule has 2 fully saturated rings. The molecule has 2 aromatic carbocycles. The van der Waals surface area contributed by atoms with Crippen LogP contribution in [0.2, 0.25) is 0 Å². The van der Waals surface area contributed by atoms with Crippen molar-refractivity contribution >= 4 is 29.0 Å². The number of nitrogens with one attached hydrogen (secondary N) is 2. The second kappa shape index (κ2) is 10.5. The minimum Gasteiger partial charge on any atom is -0.371 e. The molecule has 2 aliphatic rings. The van der Waals surface area contributed by atoms with Crippen LogP contribution >= 0.6 is 0 Å². The van der Waals surface area contributed by atoms with E-state index < -0.39 is 35.9 Å². The number of piperidine rings is 2. The van der Waals surface area contributed by atoms with E-state index in [1.54, 1.807) is 29.2 Å². The van der Waals surface area contributed by atoms with Gasteiger partial charge in [-0.2, -0.15) is 26.3 Å². The number of benzene rings is 2. The quantitative estimate of drug-likeness (QED) is 0.493. The summed E-state index contributed by atoms with van der Waals surface area (Å²) in [6.07, 6.45) is -7.19. The maximum absolute atomic E-state index is 13.1. The van der Waals surface area contributed by atoms with Crippen LogP contribution in [0, 0.1) is 5.92 Å². The monoisotopic (exact) mass is 528 g/mol. The van der Waals surface area contributed by atoms with Crippen molar-refractivity contribution in [2.24, 2.45) is 5.92 Å². The summed E-state index contributed by atoms with van der Waals surface area (Å²) in [4.78, 5) is 28.6. The Morgan fingerprint density at radius 3 is 2.08 bits per heavy atom. The molecule has 2 saturated heterocycles. The Morgan fingerprint density at radius 1 is 0.838 bits per heavy atom. The van der Waals surface area contributed by atoms with E-state index >= 15 is 0 Å². The number of carbonyl (C=O) groups excluding carboxylic acids is 2. The molecular formula is C25H26F6N4O2. The van der Waals surface area contributed by atoms with Crippen LogP contribution < -0.4 is 20.4 Å². The highest BCUT2D eigenvalue weighted by Gasteiger charge is 2.42. The van der Waals surface area contributed by atoms with Crippen LogP contribution in [0.25, 0.3) is 0 Å². The fourth-order valence-corrected chi connectivity index (χ4v) is 4.66. The minimum absolute atomic E-state index is 0.106. The van der Waals surface area contributed by atoms with E-state index in [0.29, 0.717) is 43.7 Å². The molecule has 37 heavy (non-hydrogen) atoms. The average Bonchev–Trinajstić information content (AvgIpc) is 2.85. The summed E-state index contributed by atoms with van der Waals surface area (Å²) in [5.74, 6) is -1.72. The molecule has 12 heteroatoms. The lowest BCUT2D eigenvalue weighted by molar-refractivity contribution is -0.176. The van der Waals surface area contributed by atoms with Crippen molar-refractivity contribution in [1.29, 1.82) is 0 Å². The van der Waals surface area contributed by atoms with Gasteiger partial charge in [-0.25, -0.2) is 4.79 Å². The second-order valence-corrected chi connectivity index (χ2v) is 9.20. The first-order chi connectivity index (χ1) is 17.4. The summed E-state index contributed by atoms with van der Waals surface area (Å²) >= 11 is 0. The molecule has 1 unspecified atom stereocenters. The smallest absolute Gasteiger partial charge is 0.371 e. The number of carbonyl (C=O) groups is 2. The second-order valence-electron chi connectivity index (χ2n) is 9.20. The normalized spacial score (nSPS) is 21.1. The van der Waals surface area contributed by atoms with Crippen molar-refractivity contribution in [3.63, 3.8) is 0 Å². The molecular weight excluding hydrogens is 502 g/mol. The van der Waals surface area contributed by atoms with E-state index in [0.717, 1.165) is 24.3 Å². The van der Waals surface area contributed by atoms with Gasteiger partial charge >= 0.3 is 18.4 Å². The van der Waals surface area contributed by atoms with Crippen molar-refractivity contribution in [2.75, 3.05) is 34.8 Å². The molecule has 0 saturated carbocycles. The topological polar surface area (TPSA) is 64.7 Å². The van der Waals surface area contributed by atoms with Crippen molar-refractivity contribution in [1.82, 2.24) is 5.32 Å². The molecule has 6 nitrogen and oxygen atoms in total. The molecule has 0 aliphatic carbocycles. The van der Waals surface area contributed by atoms with E-state index in [4.69, 9.17) is 0 Å². The van der Waals surface area contributed by atoms with Crippen LogP contribution in [-0.2, 0) is 11.0 Å². The molecule has 0 radical (unpaired) electrons. The summed E-state index contributed by atoms with van der Waals surface area (Å²) in [6, 6.07) is 9.11. The fraction of sp³-hybridized carbons (Fsp3) is 0.440. The summed E-state index contributed by atoms with van der Waals surface area (Å²) < 4.78 is 77.5. The Morgan fingerprint density at radius 2 is 1.46 bits per heavy atom. The zero-order valence-electron chi connectivity index (χ0n) is 19.7. The maximum atomic E-state index is 13.1. The third-order valence-corrected chi connectivity index (χ3v) is 6.62. The Labute approximate surface area is 209 Å². The third kappa shape index (κ3) is 6.47. The molecule has 2 heterocycles.